The van der Waals surface area contributed by atoms with Gasteiger partial charge < -0.3 is 10.1 Å². The number of aromatic nitrogens is 1. The highest BCUT2D eigenvalue weighted by Crippen LogP contribution is 2.40. The minimum absolute atomic E-state index is 0.00301. The SMILES string of the molecule is COC(=O)C1CC1C(=O)Nc1ccc(-n2ccccc2=O)cc1F. The van der Waals surface area contributed by atoms with E-state index in [-0.39, 0.29) is 11.2 Å². The maximum Gasteiger partial charge on any atom is 0.309 e. The Morgan fingerprint density at radius 1 is 1.25 bits per heavy atom. The largest absolute Gasteiger partial charge is 0.469 e. The summed E-state index contributed by atoms with van der Waals surface area (Å²) in [6.07, 6.45) is 1.93. The summed E-state index contributed by atoms with van der Waals surface area (Å²) in [5, 5.41) is 2.47. The topological polar surface area (TPSA) is 77.4 Å². The molecule has 2 unspecified atom stereocenters. The van der Waals surface area contributed by atoms with Gasteiger partial charge in [-0.25, -0.2) is 4.39 Å². The monoisotopic (exact) mass is 330 g/mol. The van der Waals surface area contributed by atoms with Crippen molar-refractivity contribution < 1.29 is 18.7 Å². The van der Waals surface area contributed by atoms with Crippen molar-refractivity contribution in [2.24, 2.45) is 11.8 Å². The third kappa shape index (κ3) is 3.05. The number of anilines is 1. The predicted octanol–water partition coefficient (Wildman–Crippen LogP) is 1.72. The molecule has 1 fully saturated rings. The Labute approximate surface area is 136 Å². The molecule has 1 aliphatic rings. The number of carbonyl (C=O) groups is 2. The van der Waals surface area contributed by atoms with Crippen molar-refractivity contribution in [3.63, 3.8) is 0 Å². The molecule has 1 heterocycles. The lowest BCUT2D eigenvalue weighted by Gasteiger charge is -2.09. The van der Waals surface area contributed by atoms with Crippen LogP contribution in [0.2, 0.25) is 0 Å². The molecular weight excluding hydrogens is 315 g/mol. The van der Waals surface area contributed by atoms with Crippen molar-refractivity contribution in [2.75, 3.05) is 12.4 Å². The first-order valence-electron chi connectivity index (χ1n) is 7.37. The Hall–Kier alpha value is -2.96. The number of rotatable bonds is 4. The molecule has 2 aromatic rings. The Morgan fingerprint density at radius 3 is 2.71 bits per heavy atom. The van der Waals surface area contributed by atoms with Crippen LogP contribution < -0.4 is 10.9 Å². The predicted molar refractivity (Wildman–Crippen MR) is 84.2 cm³/mol. The van der Waals surface area contributed by atoms with Crippen molar-refractivity contribution in [1.29, 1.82) is 0 Å². The molecule has 6 nitrogen and oxygen atoms in total. The molecule has 124 valence electrons. The van der Waals surface area contributed by atoms with Crippen LogP contribution in [-0.2, 0) is 14.3 Å². The number of halogens is 1. The van der Waals surface area contributed by atoms with E-state index < -0.39 is 29.5 Å². The van der Waals surface area contributed by atoms with Gasteiger partial charge >= 0.3 is 5.97 Å². The number of benzene rings is 1. The van der Waals surface area contributed by atoms with E-state index >= 15 is 0 Å². The lowest BCUT2D eigenvalue weighted by atomic mass is 10.2. The van der Waals surface area contributed by atoms with Crippen LogP contribution in [0.4, 0.5) is 10.1 Å². The summed E-state index contributed by atoms with van der Waals surface area (Å²) < 4.78 is 20.1. The van der Waals surface area contributed by atoms with E-state index in [2.05, 4.69) is 10.1 Å². The van der Waals surface area contributed by atoms with Crippen LogP contribution in [-0.4, -0.2) is 23.6 Å². The van der Waals surface area contributed by atoms with Crippen LogP contribution >= 0.6 is 0 Å². The van der Waals surface area contributed by atoms with Crippen LogP contribution in [0.5, 0.6) is 0 Å². The summed E-state index contributed by atoms with van der Waals surface area (Å²) >= 11 is 0. The smallest absolute Gasteiger partial charge is 0.309 e. The lowest BCUT2D eigenvalue weighted by Crippen LogP contribution is -2.19. The molecule has 24 heavy (non-hydrogen) atoms. The third-order valence-electron chi connectivity index (χ3n) is 3.94. The normalized spacial score (nSPS) is 18.8. The molecule has 0 bridgehead atoms. The lowest BCUT2D eigenvalue weighted by molar-refractivity contribution is -0.143. The molecule has 1 aliphatic carbocycles. The average Bonchev–Trinajstić information content (AvgIpc) is 3.37. The number of pyridine rings is 1. The summed E-state index contributed by atoms with van der Waals surface area (Å²) in [7, 11) is 1.26. The van der Waals surface area contributed by atoms with Gasteiger partial charge in [0.2, 0.25) is 5.91 Å². The van der Waals surface area contributed by atoms with Gasteiger partial charge in [-0.2, -0.15) is 0 Å². The van der Waals surface area contributed by atoms with Crippen molar-refractivity contribution in [3.8, 4) is 5.69 Å². The van der Waals surface area contributed by atoms with E-state index in [1.54, 1.807) is 12.1 Å². The second-order valence-electron chi connectivity index (χ2n) is 5.53. The molecule has 1 saturated carbocycles. The van der Waals surface area contributed by atoms with E-state index in [4.69, 9.17) is 0 Å². The highest BCUT2D eigenvalue weighted by Gasteiger charge is 2.49. The van der Waals surface area contributed by atoms with Gasteiger partial charge in [0, 0.05) is 18.3 Å². The highest BCUT2D eigenvalue weighted by molar-refractivity contribution is 5.98. The molecule has 3 rings (SSSR count). The maximum absolute atomic E-state index is 14.2. The standard InChI is InChI=1S/C17H15FN2O4/c1-24-17(23)12-9-11(12)16(22)19-14-6-5-10(8-13(14)18)20-7-3-2-4-15(20)21/h2-8,11-12H,9H2,1H3,(H,19,22). The van der Waals surface area contributed by atoms with Gasteiger partial charge in [0.15, 0.2) is 0 Å². The number of amides is 1. The molecule has 2 atom stereocenters. The van der Waals surface area contributed by atoms with Gasteiger partial charge in [0.1, 0.15) is 5.82 Å². The van der Waals surface area contributed by atoms with Gasteiger partial charge in [-0.05, 0) is 24.6 Å². The molecule has 1 N–H and O–H groups in total. The van der Waals surface area contributed by atoms with Crippen LogP contribution in [0, 0.1) is 17.7 Å². The van der Waals surface area contributed by atoms with E-state index in [0.717, 1.165) is 0 Å². The van der Waals surface area contributed by atoms with Gasteiger partial charge in [-0.1, -0.05) is 6.07 Å². The van der Waals surface area contributed by atoms with Crippen LogP contribution in [0.3, 0.4) is 0 Å². The number of nitrogens with one attached hydrogen (secondary N) is 1. The number of ether oxygens (including phenoxy) is 1. The minimum Gasteiger partial charge on any atom is -0.469 e. The van der Waals surface area contributed by atoms with Crippen molar-refractivity contribution >= 4 is 17.6 Å². The fourth-order valence-corrected chi connectivity index (χ4v) is 2.52. The summed E-state index contributed by atoms with van der Waals surface area (Å²) in [6.45, 7) is 0. The number of nitrogens with zero attached hydrogens (tertiary/aromatic N) is 1. The highest BCUT2D eigenvalue weighted by atomic mass is 19.1. The zero-order valence-electron chi connectivity index (χ0n) is 12.9. The maximum atomic E-state index is 14.2. The first-order valence-corrected chi connectivity index (χ1v) is 7.37. The van der Waals surface area contributed by atoms with E-state index in [9.17, 15) is 18.8 Å². The number of hydrogen-bond donors (Lipinski definition) is 1. The van der Waals surface area contributed by atoms with Crippen LogP contribution in [0.15, 0.2) is 47.4 Å². The zero-order chi connectivity index (χ0) is 17.3. The van der Waals surface area contributed by atoms with Crippen LogP contribution in [0.25, 0.3) is 5.69 Å². The summed E-state index contributed by atoms with van der Waals surface area (Å²) in [6, 6.07) is 8.71. The van der Waals surface area contributed by atoms with E-state index in [1.807, 2.05) is 0 Å². The average molecular weight is 330 g/mol. The zero-order valence-corrected chi connectivity index (χ0v) is 12.9. The van der Waals surface area contributed by atoms with Gasteiger partial charge in [0.25, 0.3) is 5.56 Å². The summed E-state index contributed by atoms with van der Waals surface area (Å²) in [5.41, 5.74) is 0.0748. The Balaban J connectivity index is 1.75. The third-order valence-corrected chi connectivity index (χ3v) is 3.94. The van der Waals surface area contributed by atoms with Crippen molar-refractivity contribution in [3.05, 3.63) is 58.8 Å². The molecular formula is C17H15FN2O4. The number of carbonyl (C=O) groups excluding carboxylic acids is 2. The first-order chi connectivity index (χ1) is 11.5. The van der Waals surface area contributed by atoms with Crippen molar-refractivity contribution in [1.82, 2.24) is 4.57 Å². The molecule has 0 saturated heterocycles. The number of hydrogen-bond acceptors (Lipinski definition) is 4. The Bertz CT molecular complexity index is 862. The second-order valence-corrected chi connectivity index (χ2v) is 5.53. The van der Waals surface area contributed by atoms with Crippen molar-refractivity contribution in [2.45, 2.75) is 6.42 Å². The number of esters is 1. The summed E-state index contributed by atoms with van der Waals surface area (Å²) in [5.74, 6) is -2.47. The van der Waals surface area contributed by atoms with Crippen LogP contribution in [0.1, 0.15) is 6.42 Å². The van der Waals surface area contributed by atoms with Gasteiger partial charge in [0.05, 0.1) is 30.3 Å². The Morgan fingerprint density at radius 2 is 2.04 bits per heavy atom. The molecule has 0 radical (unpaired) electrons. The quantitative estimate of drug-likeness (QED) is 0.866. The summed E-state index contributed by atoms with van der Waals surface area (Å²) in [4.78, 5) is 35.1. The molecule has 1 amide bonds. The second kappa shape index (κ2) is 6.27. The fourth-order valence-electron chi connectivity index (χ4n) is 2.52. The Kier molecular flexibility index (Phi) is 4.16. The van der Waals surface area contributed by atoms with E-state index in [0.29, 0.717) is 12.1 Å². The van der Waals surface area contributed by atoms with Gasteiger partial charge in [-0.15, -0.1) is 0 Å². The molecule has 0 spiro atoms. The fraction of sp³-hybridized carbons (Fsp3) is 0.235. The minimum atomic E-state index is -0.660. The molecule has 0 aliphatic heterocycles. The molecule has 7 heteroatoms. The number of methoxy groups -OCH3 is 1. The first kappa shape index (κ1) is 15.9. The van der Waals surface area contributed by atoms with Gasteiger partial charge in [-0.3, -0.25) is 19.0 Å². The molecule has 1 aromatic heterocycles. The van der Waals surface area contributed by atoms with E-state index in [1.165, 1.54) is 42.1 Å². The molecule has 1 aromatic carbocycles.